The number of hydrogen-bond donors (Lipinski definition) is 0. The summed E-state index contributed by atoms with van der Waals surface area (Å²) in [6.45, 7) is 9.47. The van der Waals surface area contributed by atoms with E-state index in [-0.39, 0.29) is 39.0 Å². The first-order chi connectivity index (χ1) is 30.0. The topological polar surface area (TPSA) is 264 Å². The van der Waals surface area contributed by atoms with Crippen LogP contribution in [-0.2, 0) is 43.2 Å². The van der Waals surface area contributed by atoms with Gasteiger partial charge in [-0.3, -0.25) is 43.2 Å². The molecule has 0 saturated heterocycles. The Kier molecular flexibility index (Phi) is 16.1. The zero-order chi connectivity index (χ0) is 47.6. The minimum atomic E-state index is -0.942. The number of carbonyl (C=O) groups excluding carboxylic acids is 9. The van der Waals surface area contributed by atoms with Crippen molar-refractivity contribution in [2.24, 2.45) is 0 Å². The van der Waals surface area contributed by atoms with Gasteiger partial charge >= 0.3 is 53.7 Å². The van der Waals surface area contributed by atoms with Crippen LogP contribution in [0.5, 0.6) is 86.2 Å². The Morgan fingerprint density at radius 3 is 0.750 bits per heavy atom. The average molecular weight is 956 g/mol. The molecule has 0 atom stereocenters. The van der Waals surface area contributed by atoms with Crippen LogP contribution in [0.1, 0.15) is 62.3 Å². The van der Waals surface area contributed by atoms with E-state index < -0.39 is 105 Å². The van der Waals surface area contributed by atoms with Crippen molar-refractivity contribution >= 4 is 69.7 Å². The second-order valence-corrected chi connectivity index (χ2v) is 13.4. The summed E-state index contributed by atoms with van der Waals surface area (Å²) in [4.78, 5) is 110. The molecule has 0 aliphatic heterocycles. The van der Waals surface area contributed by atoms with Gasteiger partial charge in [0.1, 0.15) is 33.2 Å². The Morgan fingerprint density at radius 1 is 0.281 bits per heavy atom. The van der Waals surface area contributed by atoms with Gasteiger partial charge in [0, 0.05) is 111 Å². The smallest absolute Gasteiger partial charge is 0.308 e. The number of halogens is 1. The maximum absolute atomic E-state index is 12.5. The summed E-state index contributed by atoms with van der Waals surface area (Å²) >= 11 is 3.26. The van der Waals surface area contributed by atoms with Crippen LogP contribution in [0.2, 0.25) is 0 Å². The standard InChI is InChI=1S/C42H35BrO21/c1-18(44)53-27-10-31(55-20(3)46)39(43)32(11-27)64-42-37(60-25(8)51)16-30(17-38(42)61-26(9)52)63-41-35(58-23(6)49)14-29(15-36(41)59-24(7)50)62-40-33(56-21(4)47)12-28(54-19(2)45)13-34(40)57-22(5)48/h10-17H,1-9H3. The molecule has 0 radical (unpaired) electrons. The molecule has 0 unspecified atom stereocenters. The van der Waals surface area contributed by atoms with E-state index in [2.05, 4.69) is 15.9 Å². The van der Waals surface area contributed by atoms with Gasteiger partial charge < -0.3 is 56.8 Å². The lowest BCUT2D eigenvalue weighted by molar-refractivity contribution is -0.133. The summed E-state index contributed by atoms with van der Waals surface area (Å²) in [5, 5.41) is 0. The van der Waals surface area contributed by atoms with Crippen LogP contribution in [0.25, 0.3) is 0 Å². The first-order valence-corrected chi connectivity index (χ1v) is 18.8. The predicted molar refractivity (Wildman–Crippen MR) is 215 cm³/mol. The molecule has 22 heteroatoms. The third-order valence-electron chi connectivity index (χ3n) is 6.91. The van der Waals surface area contributed by atoms with E-state index in [0.29, 0.717) is 0 Å². The second-order valence-electron chi connectivity index (χ2n) is 12.6. The highest BCUT2D eigenvalue weighted by Crippen LogP contribution is 2.52. The van der Waals surface area contributed by atoms with Gasteiger partial charge in [-0.25, -0.2) is 0 Å². The quantitative estimate of drug-likeness (QED) is 0.0845. The number of ether oxygens (including phenoxy) is 12. The van der Waals surface area contributed by atoms with Gasteiger partial charge in [-0.05, 0) is 15.9 Å². The van der Waals surface area contributed by atoms with Gasteiger partial charge in [-0.15, -0.1) is 0 Å². The zero-order valence-electron chi connectivity index (χ0n) is 35.1. The van der Waals surface area contributed by atoms with Crippen LogP contribution >= 0.6 is 15.9 Å². The molecule has 4 aromatic rings. The summed E-state index contributed by atoms with van der Waals surface area (Å²) in [7, 11) is 0. The highest BCUT2D eigenvalue weighted by Gasteiger charge is 2.28. The molecule has 0 heterocycles. The highest BCUT2D eigenvalue weighted by atomic mass is 79.9. The van der Waals surface area contributed by atoms with Crippen LogP contribution in [0.3, 0.4) is 0 Å². The van der Waals surface area contributed by atoms with Gasteiger partial charge in [0.25, 0.3) is 0 Å². The Bertz CT molecular complexity index is 2480. The summed E-state index contributed by atoms with van der Waals surface area (Å²) < 4.78 is 65.8. The van der Waals surface area contributed by atoms with Crippen LogP contribution in [-0.4, -0.2) is 53.7 Å². The number of hydrogen-bond acceptors (Lipinski definition) is 21. The number of rotatable bonds is 15. The van der Waals surface area contributed by atoms with Crippen molar-refractivity contribution in [2.75, 3.05) is 0 Å². The fourth-order valence-corrected chi connectivity index (χ4v) is 5.50. The van der Waals surface area contributed by atoms with Crippen LogP contribution in [0.15, 0.2) is 53.0 Å². The third kappa shape index (κ3) is 14.0. The lowest BCUT2D eigenvalue weighted by atomic mass is 10.2. The Hall–Kier alpha value is -8.01. The lowest BCUT2D eigenvalue weighted by Crippen LogP contribution is -2.10. The van der Waals surface area contributed by atoms with Gasteiger partial charge in [-0.2, -0.15) is 0 Å². The molecule has 0 saturated carbocycles. The maximum atomic E-state index is 12.5. The highest BCUT2D eigenvalue weighted by molar-refractivity contribution is 9.10. The van der Waals surface area contributed by atoms with Crippen molar-refractivity contribution in [1.82, 2.24) is 0 Å². The molecule has 0 fully saturated rings. The summed E-state index contributed by atoms with van der Waals surface area (Å²) in [5.74, 6) is -13.4. The van der Waals surface area contributed by atoms with Crippen molar-refractivity contribution in [3.63, 3.8) is 0 Å². The fraction of sp³-hybridized carbons (Fsp3) is 0.214. The molecule has 0 aliphatic rings. The van der Waals surface area contributed by atoms with Gasteiger partial charge in [0.15, 0.2) is 40.2 Å². The SMILES string of the molecule is CC(=O)Oc1cc(OC(C)=O)c(Br)c(Oc2c(OC(C)=O)cc(Oc3c(OC(C)=O)cc(Oc4c(OC(C)=O)cc(OC(C)=O)cc4OC(C)=O)cc3OC(C)=O)cc2OC(C)=O)c1. The Balaban J connectivity index is 1.96. The molecule has 0 bridgehead atoms. The summed E-state index contributed by atoms with van der Waals surface area (Å²) in [6, 6.07) is 8.75. The first kappa shape index (κ1) is 48.7. The van der Waals surface area contributed by atoms with E-state index in [1.165, 1.54) is 12.1 Å². The largest absolute Gasteiger partial charge is 0.449 e. The third-order valence-corrected chi connectivity index (χ3v) is 7.69. The molecular formula is C42H35BrO21. The molecule has 0 aliphatic carbocycles. The maximum Gasteiger partial charge on any atom is 0.308 e. The average Bonchev–Trinajstić information content (AvgIpc) is 3.12. The van der Waals surface area contributed by atoms with Crippen LogP contribution < -0.4 is 56.8 Å². The summed E-state index contributed by atoms with van der Waals surface area (Å²) in [6.07, 6.45) is 0. The van der Waals surface area contributed by atoms with Crippen molar-refractivity contribution in [3.8, 4) is 86.2 Å². The van der Waals surface area contributed by atoms with Crippen molar-refractivity contribution in [3.05, 3.63) is 53.0 Å². The Morgan fingerprint density at radius 2 is 0.484 bits per heavy atom. The molecule has 0 spiro atoms. The summed E-state index contributed by atoms with van der Waals surface area (Å²) in [5.41, 5.74) is 0. The molecule has 336 valence electrons. The van der Waals surface area contributed by atoms with Gasteiger partial charge in [0.2, 0.25) is 17.2 Å². The molecule has 21 nitrogen and oxygen atoms in total. The monoisotopic (exact) mass is 954 g/mol. The second kappa shape index (κ2) is 21.2. The number of esters is 9. The van der Waals surface area contributed by atoms with E-state index in [0.717, 1.165) is 98.7 Å². The molecule has 0 N–H and O–H groups in total. The van der Waals surface area contributed by atoms with E-state index in [4.69, 9.17) is 56.8 Å². The first-order valence-electron chi connectivity index (χ1n) is 18.0. The van der Waals surface area contributed by atoms with Crippen molar-refractivity contribution < 1.29 is 100.0 Å². The van der Waals surface area contributed by atoms with Crippen molar-refractivity contribution in [2.45, 2.75) is 62.3 Å². The van der Waals surface area contributed by atoms with E-state index in [9.17, 15) is 43.2 Å². The molecule has 0 aromatic heterocycles. The molecule has 0 amide bonds. The molecule has 64 heavy (non-hydrogen) atoms. The van der Waals surface area contributed by atoms with E-state index >= 15 is 0 Å². The Labute approximate surface area is 370 Å². The van der Waals surface area contributed by atoms with Gasteiger partial charge in [-0.1, -0.05) is 0 Å². The lowest BCUT2D eigenvalue weighted by Gasteiger charge is -2.20. The zero-order valence-corrected chi connectivity index (χ0v) is 36.7. The van der Waals surface area contributed by atoms with E-state index in [1.54, 1.807) is 0 Å². The van der Waals surface area contributed by atoms with Crippen molar-refractivity contribution in [1.29, 1.82) is 0 Å². The van der Waals surface area contributed by atoms with E-state index in [1.807, 2.05) is 0 Å². The predicted octanol–water partition coefficient (Wildman–Crippen LogP) is 7.15. The number of benzene rings is 4. The normalized spacial score (nSPS) is 10.3. The van der Waals surface area contributed by atoms with Gasteiger partial charge in [0.05, 0.1) is 0 Å². The van der Waals surface area contributed by atoms with Crippen LogP contribution in [0.4, 0.5) is 0 Å². The fourth-order valence-electron chi connectivity index (χ4n) is 5.11. The molecule has 4 rings (SSSR count). The molecule has 4 aromatic carbocycles. The minimum Gasteiger partial charge on any atom is -0.449 e. The number of carbonyl (C=O) groups is 9. The molecular weight excluding hydrogens is 920 g/mol. The van der Waals surface area contributed by atoms with Crippen LogP contribution in [0, 0.1) is 0 Å². The minimum absolute atomic E-state index is 0.0128.